The minimum absolute atomic E-state index is 0.0648. The summed E-state index contributed by atoms with van der Waals surface area (Å²) >= 11 is 6.49. The minimum atomic E-state index is -2.91. The zero-order valence-electron chi connectivity index (χ0n) is 32.3. The van der Waals surface area contributed by atoms with E-state index in [4.69, 9.17) is 20.8 Å². The highest BCUT2D eigenvalue weighted by molar-refractivity contribution is 6.99. The molecule has 9 nitrogen and oxygen atoms in total. The molecule has 1 aliphatic heterocycles. The van der Waals surface area contributed by atoms with Crippen LogP contribution in [0.15, 0.2) is 110 Å². The highest BCUT2D eigenvalue weighted by Crippen LogP contribution is 2.48. The van der Waals surface area contributed by atoms with E-state index in [2.05, 4.69) is 86.8 Å². The number of carboxylic acids is 1. The van der Waals surface area contributed by atoms with Crippen molar-refractivity contribution in [3.63, 3.8) is 0 Å². The number of nitro groups is 1. The van der Waals surface area contributed by atoms with Gasteiger partial charge in [0.2, 0.25) is 6.54 Å². The maximum Gasteiger partial charge on any atom is 0.347 e. The standard InChI is InChI=1S/C45H51ClN2O7Si/c1-5-40(55-56(43(2,3)4,35-14-8-6-9-15-35)36-16-10-7-11-17-36)37-21-18-32(37)27-47-28-44(24-12-13-31-25-34(46)20-22-38(31)44)30-54-41-23-19-33(26-39(41)47)45(51,42(49)50)29-48(52)53/h5-11,14-17,19-20,22-23,25-26,32,37,40,51H,1,12-13,18,21,24,27-30H2,2-4H3,(H,49,50)/t32-,37+,40?,44-,45?/m0/s1. The van der Waals surface area contributed by atoms with Crippen LogP contribution in [0.2, 0.25) is 10.1 Å². The van der Waals surface area contributed by atoms with Gasteiger partial charge in [-0.05, 0) is 94.7 Å². The van der Waals surface area contributed by atoms with Crippen molar-refractivity contribution in [3.8, 4) is 5.75 Å². The lowest BCUT2D eigenvalue weighted by molar-refractivity contribution is -0.499. The summed E-state index contributed by atoms with van der Waals surface area (Å²) < 4.78 is 14.3. The summed E-state index contributed by atoms with van der Waals surface area (Å²) in [5.74, 6) is -0.824. The predicted octanol–water partition coefficient (Wildman–Crippen LogP) is 7.52. The van der Waals surface area contributed by atoms with Gasteiger partial charge in [0.25, 0.3) is 13.9 Å². The summed E-state index contributed by atoms with van der Waals surface area (Å²) in [7, 11) is -2.91. The number of nitrogens with zero attached hydrogens (tertiary/aromatic N) is 2. The van der Waals surface area contributed by atoms with Crippen molar-refractivity contribution in [2.75, 3.05) is 31.1 Å². The van der Waals surface area contributed by atoms with Crippen LogP contribution in [0.4, 0.5) is 5.69 Å². The van der Waals surface area contributed by atoms with Crippen LogP contribution >= 0.6 is 11.6 Å². The van der Waals surface area contributed by atoms with E-state index in [9.17, 15) is 25.1 Å². The van der Waals surface area contributed by atoms with Gasteiger partial charge in [0.05, 0.1) is 18.4 Å². The fourth-order valence-electron chi connectivity index (χ4n) is 9.58. The number of benzene rings is 4. The van der Waals surface area contributed by atoms with E-state index in [1.54, 1.807) is 12.1 Å². The summed E-state index contributed by atoms with van der Waals surface area (Å²) in [6.45, 7) is 11.5. The number of aliphatic hydroxyl groups is 1. The molecule has 0 radical (unpaired) electrons. The number of anilines is 1. The van der Waals surface area contributed by atoms with Gasteiger partial charge in [0, 0.05) is 34.0 Å². The van der Waals surface area contributed by atoms with E-state index in [1.807, 2.05) is 30.3 Å². The van der Waals surface area contributed by atoms with E-state index in [0.717, 1.165) is 32.1 Å². The first kappa shape index (κ1) is 39.7. The predicted molar refractivity (Wildman–Crippen MR) is 223 cm³/mol. The van der Waals surface area contributed by atoms with E-state index in [0.29, 0.717) is 36.2 Å². The van der Waals surface area contributed by atoms with E-state index < -0.39 is 36.8 Å². The summed E-state index contributed by atoms with van der Waals surface area (Å²) in [4.78, 5) is 25.5. The van der Waals surface area contributed by atoms with Crippen LogP contribution < -0.4 is 20.0 Å². The number of carboxylic acid groups (broad SMARTS) is 1. The molecule has 5 atom stereocenters. The molecule has 7 rings (SSSR count). The number of hydrogen-bond donors (Lipinski definition) is 2. The zero-order chi connectivity index (χ0) is 39.9. The summed E-state index contributed by atoms with van der Waals surface area (Å²) in [6, 6.07) is 31.9. The molecule has 56 heavy (non-hydrogen) atoms. The molecule has 0 amide bonds. The molecule has 11 heteroatoms. The van der Waals surface area contributed by atoms with Crippen LogP contribution in [-0.2, 0) is 26.7 Å². The van der Waals surface area contributed by atoms with Gasteiger partial charge in [-0.3, -0.25) is 10.1 Å². The van der Waals surface area contributed by atoms with E-state index in [1.165, 1.54) is 27.6 Å². The molecule has 0 bridgehead atoms. The molecule has 0 aromatic heterocycles. The molecule has 1 saturated carbocycles. The van der Waals surface area contributed by atoms with Gasteiger partial charge in [-0.15, -0.1) is 6.58 Å². The van der Waals surface area contributed by atoms with Crippen molar-refractivity contribution < 1.29 is 29.1 Å². The number of hydrogen-bond acceptors (Lipinski definition) is 7. The largest absolute Gasteiger partial charge is 0.490 e. The van der Waals surface area contributed by atoms with Gasteiger partial charge < -0.3 is 24.3 Å². The minimum Gasteiger partial charge on any atom is -0.490 e. The maximum absolute atomic E-state index is 12.4. The summed E-state index contributed by atoms with van der Waals surface area (Å²) in [6.07, 6.45) is 6.35. The first-order valence-corrected chi connectivity index (χ1v) is 21.8. The molecule has 2 unspecified atom stereocenters. The van der Waals surface area contributed by atoms with Gasteiger partial charge in [0.15, 0.2) is 0 Å². The Morgan fingerprint density at radius 3 is 2.32 bits per heavy atom. The fourth-order valence-corrected chi connectivity index (χ4v) is 14.5. The second kappa shape index (κ2) is 15.5. The molecule has 1 spiro atoms. The second-order valence-corrected chi connectivity index (χ2v) is 21.6. The fraction of sp³-hybridized carbons (Fsp3) is 0.400. The Morgan fingerprint density at radius 2 is 1.75 bits per heavy atom. The molecule has 2 aliphatic carbocycles. The monoisotopic (exact) mass is 794 g/mol. The van der Waals surface area contributed by atoms with Crippen LogP contribution in [0.3, 0.4) is 0 Å². The van der Waals surface area contributed by atoms with Crippen LogP contribution in [0.25, 0.3) is 0 Å². The number of aliphatic carboxylic acids is 1. The van der Waals surface area contributed by atoms with Gasteiger partial charge in [-0.1, -0.05) is 111 Å². The number of halogens is 1. The van der Waals surface area contributed by atoms with E-state index >= 15 is 0 Å². The Balaban J connectivity index is 1.28. The normalized spacial score (nSPS) is 22.3. The number of aryl methyl sites for hydroxylation is 1. The molecule has 0 saturated heterocycles. The van der Waals surface area contributed by atoms with Gasteiger partial charge in [0.1, 0.15) is 5.75 Å². The average Bonchev–Trinajstić information content (AvgIpc) is 3.31. The topological polar surface area (TPSA) is 122 Å². The SMILES string of the molecule is C=CC(O[Si](c1ccccc1)(c1ccccc1)C(C)(C)C)[C@@H]1CC[C@H]1CN1C[C@@]2(CCCc3cc(Cl)ccc32)COc2ccc(C(O)(C[N+](=O)[O-])C(=O)O)cc21. The Hall–Kier alpha value is -4.48. The number of rotatable bonds is 12. The Morgan fingerprint density at radius 1 is 1.07 bits per heavy atom. The van der Waals surface area contributed by atoms with Crippen LogP contribution in [0.1, 0.15) is 63.1 Å². The number of fused-ring (bicyclic) bond motifs is 3. The van der Waals surface area contributed by atoms with Crippen molar-refractivity contribution in [2.45, 2.75) is 75.0 Å². The third-order valence-corrected chi connectivity index (χ3v) is 17.8. The quantitative estimate of drug-likeness (QED) is 0.0654. The summed E-state index contributed by atoms with van der Waals surface area (Å²) in [5.41, 5.74) is -0.201. The molecular formula is C45H51ClN2O7Si. The van der Waals surface area contributed by atoms with Crippen molar-refractivity contribution in [3.05, 3.63) is 142 Å². The van der Waals surface area contributed by atoms with Crippen LogP contribution in [0, 0.1) is 22.0 Å². The molecule has 294 valence electrons. The van der Waals surface area contributed by atoms with Crippen molar-refractivity contribution in [1.29, 1.82) is 0 Å². The van der Waals surface area contributed by atoms with Gasteiger partial charge in [-0.2, -0.15) is 0 Å². The molecular weight excluding hydrogens is 744 g/mol. The first-order valence-electron chi connectivity index (χ1n) is 19.5. The van der Waals surface area contributed by atoms with E-state index in [-0.39, 0.29) is 28.5 Å². The molecule has 2 N–H and O–H groups in total. The lowest BCUT2D eigenvalue weighted by atomic mass is 9.68. The summed E-state index contributed by atoms with van der Waals surface area (Å²) in [5, 5.41) is 35.9. The zero-order valence-corrected chi connectivity index (χ0v) is 34.1. The number of ether oxygens (including phenoxy) is 1. The van der Waals surface area contributed by atoms with Gasteiger partial charge >= 0.3 is 5.97 Å². The van der Waals surface area contributed by atoms with Crippen molar-refractivity contribution >= 4 is 41.9 Å². The smallest absolute Gasteiger partial charge is 0.347 e. The van der Waals surface area contributed by atoms with Crippen LogP contribution in [0.5, 0.6) is 5.75 Å². The molecule has 4 aromatic carbocycles. The van der Waals surface area contributed by atoms with Crippen LogP contribution in [-0.4, -0.2) is 61.8 Å². The highest BCUT2D eigenvalue weighted by Gasteiger charge is 2.53. The molecule has 3 aliphatic rings. The Labute approximate surface area is 335 Å². The molecule has 1 fully saturated rings. The third kappa shape index (κ3) is 7.17. The molecule has 1 heterocycles. The van der Waals surface area contributed by atoms with Crippen molar-refractivity contribution in [2.24, 2.45) is 11.8 Å². The van der Waals surface area contributed by atoms with Gasteiger partial charge in [-0.25, -0.2) is 4.79 Å². The lowest BCUT2D eigenvalue weighted by Crippen LogP contribution is -2.68. The maximum atomic E-state index is 12.4. The Kier molecular flexibility index (Phi) is 11.0. The van der Waals surface area contributed by atoms with Crippen molar-refractivity contribution in [1.82, 2.24) is 0 Å². The second-order valence-electron chi connectivity index (χ2n) is 16.9. The molecule has 4 aromatic rings. The number of carbonyl (C=O) groups is 1. The third-order valence-electron chi connectivity index (χ3n) is 12.5. The lowest BCUT2D eigenvalue weighted by Gasteiger charge is -2.50. The Bertz CT molecular complexity index is 2050. The first-order chi connectivity index (χ1) is 26.7. The average molecular weight is 795 g/mol. The highest BCUT2D eigenvalue weighted by atomic mass is 35.5.